The van der Waals surface area contributed by atoms with Crippen molar-refractivity contribution in [3.63, 3.8) is 0 Å². The molecule has 12 heteroatoms. The molecule has 2 saturated carbocycles. The normalized spacial score (nSPS) is 16.6. The van der Waals surface area contributed by atoms with E-state index < -0.39 is 34.9 Å². The number of pyridine rings is 1. The smallest absolute Gasteiger partial charge is 0.417 e. The molecule has 1 atom stereocenters. The maximum Gasteiger partial charge on any atom is 0.417 e. The van der Waals surface area contributed by atoms with Crippen LogP contribution in [0.3, 0.4) is 0 Å². The van der Waals surface area contributed by atoms with Gasteiger partial charge < -0.3 is 14.0 Å². The topological polar surface area (TPSA) is 86.8 Å². The molecule has 5 rings (SSSR count). The molecule has 218 valence electrons. The summed E-state index contributed by atoms with van der Waals surface area (Å²) >= 11 is 0. The van der Waals surface area contributed by atoms with Crippen LogP contribution in [0.25, 0.3) is 11.3 Å². The molecule has 1 unspecified atom stereocenters. The zero-order chi connectivity index (χ0) is 29.1. The van der Waals surface area contributed by atoms with Gasteiger partial charge in [-0.2, -0.15) is 13.2 Å². The van der Waals surface area contributed by atoms with Crippen LogP contribution in [-0.4, -0.2) is 35.5 Å². The standard InChI is InChI=1S/C29H28F5N3O4/c1-39-28(38)19-14-36-24(13-21(19)29(32,33)34)35-11-10-18(12-16-4-2-5-16)40-15-20-26(37-41-27(20)17-8-9-17)25-22(30)6-3-7-23(25)31/h3,6-7,11,13-14,16-18H,2,4-5,8-10,12,15H2,1H3. The summed E-state index contributed by atoms with van der Waals surface area (Å²) in [4.78, 5) is 19.7. The molecule has 0 radical (unpaired) electrons. The summed E-state index contributed by atoms with van der Waals surface area (Å²) in [5.74, 6) is -1.81. The number of aromatic nitrogens is 2. The third-order valence-electron chi connectivity index (χ3n) is 7.44. The van der Waals surface area contributed by atoms with Crippen LogP contribution in [0.5, 0.6) is 0 Å². The van der Waals surface area contributed by atoms with Gasteiger partial charge in [-0.3, -0.25) is 0 Å². The van der Waals surface area contributed by atoms with E-state index >= 15 is 0 Å². The van der Waals surface area contributed by atoms with Crippen LogP contribution in [-0.2, 0) is 22.3 Å². The zero-order valence-corrected chi connectivity index (χ0v) is 22.2. The molecule has 0 aliphatic heterocycles. The molecule has 41 heavy (non-hydrogen) atoms. The molecule has 0 N–H and O–H groups in total. The Labute approximate surface area is 232 Å². The Balaban J connectivity index is 1.35. The summed E-state index contributed by atoms with van der Waals surface area (Å²) in [7, 11) is 0.986. The highest BCUT2D eigenvalue weighted by Gasteiger charge is 2.37. The number of hydrogen-bond donors (Lipinski definition) is 0. The number of nitrogens with zero attached hydrogens (tertiary/aromatic N) is 3. The highest BCUT2D eigenvalue weighted by Crippen LogP contribution is 2.45. The van der Waals surface area contributed by atoms with Gasteiger partial charge in [0.05, 0.1) is 36.5 Å². The van der Waals surface area contributed by atoms with Crippen molar-refractivity contribution < 1.29 is 40.7 Å². The first-order chi connectivity index (χ1) is 19.7. The monoisotopic (exact) mass is 577 g/mol. The lowest BCUT2D eigenvalue weighted by molar-refractivity contribution is -0.138. The number of aliphatic imine (C=N–C) groups is 1. The van der Waals surface area contributed by atoms with Crippen LogP contribution in [0.4, 0.5) is 27.8 Å². The fraction of sp³-hybridized carbons (Fsp3) is 0.448. The Hall–Kier alpha value is -3.67. The van der Waals surface area contributed by atoms with Gasteiger partial charge >= 0.3 is 12.1 Å². The molecule has 2 fully saturated rings. The Morgan fingerprint density at radius 3 is 2.54 bits per heavy atom. The number of esters is 1. The fourth-order valence-electron chi connectivity index (χ4n) is 4.87. The van der Waals surface area contributed by atoms with E-state index in [0.29, 0.717) is 29.7 Å². The van der Waals surface area contributed by atoms with Crippen LogP contribution < -0.4 is 0 Å². The zero-order valence-electron chi connectivity index (χ0n) is 22.2. The van der Waals surface area contributed by atoms with Crippen molar-refractivity contribution in [1.82, 2.24) is 10.1 Å². The molecule has 3 aromatic rings. The van der Waals surface area contributed by atoms with Gasteiger partial charge in [-0.1, -0.05) is 30.5 Å². The number of methoxy groups -OCH3 is 1. The summed E-state index contributed by atoms with van der Waals surface area (Å²) in [5.41, 5.74) is -1.62. The van der Waals surface area contributed by atoms with E-state index in [4.69, 9.17) is 9.26 Å². The average Bonchev–Trinajstić information content (AvgIpc) is 3.68. The molecule has 0 bridgehead atoms. The predicted molar refractivity (Wildman–Crippen MR) is 138 cm³/mol. The van der Waals surface area contributed by atoms with E-state index in [1.54, 1.807) is 0 Å². The molecule has 7 nitrogen and oxygen atoms in total. The van der Waals surface area contributed by atoms with Crippen molar-refractivity contribution in [2.75, 3.05) is 7.11 Å². The lowest BCUT2D eigenvalue weighted by Crippen LogP contribution is -2.22. The van der Waals surface area contributed by atoms with E-state index in [-0.39, 0.29) is 42.1 Å². The number of benzene rings is 1. The lowest BCUT2D eigenvalue weighted by Gasteiger charge is -2.29. The minimum absolute atomic E-state index is 0.00599. The Bertz CT molecular complexity index is 1410. The lowest BCUT2D eigenvalue weighted by atomic mass is 9.81. The number of rotatable bonds is 11. The minimum atomic E-state index is -4.81. The van der Waals surface area contributed by atoms with Crippen LogP contribution in [0.15, 0.2) is 40.0 Å². The third kappa shape index (κ3) is 6.64. The van der Waals surface area contributed by atoms with E-state index in [9.17, 15) is 26.7 Å². The fourth-order valence-corrected chi connectivity index (χ4v) is 4.87. The van der Waals surface area contributed by atoms with Crippen LogP contribution in [0, 0.1) is 17.6 Å². The Morgan fingerprint density at radius 1 is 1.20 bits per heavy atom. The van der Waals surface area contributed by atoms with Crippen molar-refractivity contribution in [3.05, 3.63) is 64.5 Å². The molecule has 0 spiro atoms. The van der Waals surface area contributed by atoms with Crippen molar-refractivity contribution in [2.45, 2.75) is 69.8 Å². The van der Waals surface area contributed by atoms with Gasteiger partial charge in [-0.15, -0.1) is 0 Å². The second-order valence-electron chi connectivity index (χ2n) is 10.3. The predicted octanol–water partition coefficient (Wildman–Crippen LogP) is 7.57. The first-order valence-corrected chi connectivity index (χ1v) is 13.4. The second kappa shape index (κ2) is 12.1. The van der Waals surface area contributed by atoms with Crippen molar-refractivity contribution in [1.29, 1.82) is 0 Å². The second-order valence-corrected chi connectivity index (χ2v) is 10.3. The van der Waals surface area contributed by atoms with Crippen LogP contribution >= 0.6 is 0 Å². The number of carbonyl (C=O) groups is 1. The Kier molecular flexibility index (Phi) is 8.48. The number of hydrogen-bond acceptors (Lipinski definition) is 7. The summed E-state index contributed by atoms with van der Waals surface area (Å²) in [6, 6.07) is 4.27. The van der Waals surface area contributed by atoms with Crippen molar-refractivity contribution in [2.24, 2.45) is 10.9 Å². The third-order valence-corrected chi connectivity index (χ3v) is 7.44. The summed E-state index contributed by atoms with van der Waals surface area (Å²) in [5, 5.41) is 4.00. The first kappa shape index (κ1) is 28.8. The van der Waals surface area contributed by atoms with Gasteiger partial charge in [-0.05, 0) is 43.4 Å². The quantitative estimate of drug-likeness (QED) is 0.133. The highest BCUT2D eigenvalue weighted by atomic mass is 19.4. The minimum Gasteiger partial charge on any atom is -0.465 e. The highest BCUT2D eigenvalue weighted by molar-refractivity contribution is 5.91. The average molecular weight is 578 g/mol. The van der Waals surface area contributed by atoms with E-state index in [0.717, 1.165) is 57.5 Å². The molecule has 0 saturated heterocycles. The van der Waals surface area contributed by atoms with Gasteiger partial charge in [0, 0.05) is 30.3 Å². The largest absolute Gasteiger partial charge is 0.465 e. The van der Waals surface area contributed by atoms with Gasteiger partial charge in [0.15, 0.2) is 5.82 Å². The SMILES string of the molecule is COC(=O)c1cnc(N=CCC(CC2CCC2)OCc2c(-c3c(F)cccc3F)noc2C2CC2)cc1C(F)(F)F. The number of alkyl halides is 3. The van der Waals surface area contributed by atoms with Gasteiger partial charge in [0.2, 0.25) is 0 Å². The molecule has 2 aromatic heterocycles. The summed E-state index contributed by atoms with van der Waals surface area (Å²) < 4.78 is 86.0. The molecule has 1 aromatic carbocycles. The summed E-state index contributed by atoms with van der Waals surface area (Å²) in [6.07, 6.45) is 2.91. The first-order valence-electron chi connectivity index (χ1n) is 13.4. The van der Waals surface area contributed by atoms with Crippen LogP contribution in [0.2, 0.25) is 0 Å². The Morgan fingerprint density at radius 2 is 1.93 bits per heavy atom. The molecular formula is C29H28F5N3O4. The van der Waals surface area contributed by atoms with Crippen molar-refractivity contribution >= 4 is 18.0 Å². The van der Waals surface area contributed by atoms with Gasteiger partial charge in [0.25, 0.3) is 0 Å². The van der Waals surface area contributed by atoms with Crippen LogP contribution in [0.1, 0.15) is 78.1 Å². The number of halogens is 5. The maximum atomic E-state index is 14.6. The molecule has 0 amide bonds. The van der Waals surface area contributed by atoms with E-state index in [1.807, 2.05) is 0 Å². The van der Waals surface area contributed by atoms with Crippen molar-refractivity contribution in [3.8, 4) is 11.3 Å². The van der Waals surface area contributed by atoms with E-state index in [2.05, 4.69) is 19.9 Å². The molecule has 2 aliphatic carbocycles. The summed E-state index contributed by atoms with van der Waals surface area (Å²) in [6.45, 7) is -0.00599. The molecule has 2 aliphatic rings. The van der Waals surface area contributed by atoms with Gasteiger partial charge in [-0.25, -0.2) is 23.6 Å². The number of carbonyl (C=O) groups excluding carboxylic acids is 1. The van der Waals surface area contributed by atoms with E-state index in [1.165, 1.54) is 12.3 Å². The van der Waals surface area contributed by atoms with Gasteiger partial charge in [0.1, 0.15) is 23.1 Å². The molecular weight excluding hydrogens is 549 g/mol. The number of ether oxygens (including phenoxy) is 2. The molecule has 2 heterocycles. The maximum absolute atomic E-state index is 14.6.